The summed E-state index contributed by atoms with van der Waals surface area (Å²) in [7, 11) is 2.72. The third kappa shape index (κ3) is 7.65. The van der Waals surface area contributed by atoms with Gasteiger partial charge in [0.2, 0.25) is 11.8 Å². The zero-order valence-electron chi connectivity index (χ0n) is 32.2. The highest BCUT2D eigenvalue weighted by Gasteiger charge is 2.52. The molecule has 4 heterocycles. The summed E-state index contributed by atoms with van der Waals surface area (Å²) in [6.45, 7) is 2.66. The maximum absolute atomic E-state index is 15.8. The zero-order valence-corrected chi connectivity index (χ0v) is 32.2. The van der Waals surface area contributed by atoms with Gasteiger partial charge in [0.05, 0.1) is 49.0 Å². The number of H-pyrrole nitrogens is 2. The molecule has 3 amide bonds. The molecule has 8 rings (SSSR count). The molecule has 1 aliphatic heterocycles. The molecule has 7 atom stereocenters. The normalized spacial score (nSPS) is 22.3. The number of alkyl carbamates (subject to hydrolysis) is 1. The molecule has 57 heavy (non-hydrogen) atoms. The molecule has 2 aromatic carbocycles. The summed E-state index contributed by atoms with van der Waals surface area (Å²) in [6.07, 6.45) is 10.3. The number of hydrogen-bond donors (Lipinski definition) is 4. The van der Waals surface area contributed by atoms with Gasteiger partial charge in [-0.1, -0.05) is 42.5 Å². The van der Waals surface area contributed by atoms with E-state index in [-0.39, 0.29) is 35.5 Å². The number of likely N-dealkylation sites (tertiary alicyclic amines) is 1. The lowest BCUT2D eigenvalue weighted by Crippen LogP contribution is -2.54. The summed E-state index contributed by atoms with van der Waals surface area (Å²) in [5.74, 6) is 1.52. The van der Waals surface area contributed by atoms with Crippen LogP contribution in [0.4, 0.5) is 9.18 Å². The first kappa shape index (κ1) is 38.0. The lowest BCUT2D eigenvalue weighted by molar-refractivity contribution is -0.137. The number of pyridine rings is 1. The predicted molar refractivity (Wildman–Crippen MR) is 210 cm³/mol. The Labute approximate surface area is 330 Å². The highest BCUT2D eigenvalue weighted by Crippen LogP contribution is 2.56. The number of amides is 3. The largest absolute Gasteiger partial charge is 0.453 e. The van der Waals surface area contributed by atoms with E-state index in [0.29, 0.717) is 54.0 Å². The van der Waals surface area contributed by atoms with Gasteiger partial charge < -0.3 is 35.0 Å². The molecule has 1 saturated heterocycles. The summed E-state index contributed by atoms with van der Waals surface area (Å²) in [5.41, 5.74) is 5.18. The maximum Gasteiger partial charge on any atom is 0.407 e. The van der Waals surface area contributed by atoms with Crippen LogP contribution in [0.2, 0.25) is 0 Å². The van der Waals surface area contributed by atoms with Crippen LogP contribution in [-0.2, 0) is 25.6 Å². The van der Waals surface area contributed by atoms with E-state index < -0.39 is 18.2 Å². The summed E-state index contributed by atoms with van der Waals surface area (Å²) in [4.78, 5) is 61.2. The van der Waals surface area contributed by atoms with Crippen molar-refractivity contribution in [2.45, 2.75) is 69.7 Å². The highest BCUT2D eigenvalue weighted by atomic mass is 19.1. The third-order valence-electron chi connectivity index (χ3n) is 12.1. The Morgan fingerprint density at radius 2 is 1.63 bits per heavy atom. The number of rotatable bonds is 12. The first-order chi connectivity index (χ1) is 27.7. The number of fused-ring (bicyclic) bond motifs is 2. The Hall–Kier alpha value is -5.89. The van der Waals surface area contributed by atoms with E-state index in [0.717, 1.165) is 53.9 Å². The van der Waals surface area contributed by atoms with Crippen molar-refractivity contribution in [1.29, 1.82) is 0 Å². The number of nitrogens with one attached hydrogen (secondary N) is 4. The topological polar surface area (TPSA) is 167 Å². The Balaban J connectivity index is 0.937. The fraction of sp³-hybridized carbons (Fsp3) is 0.395. The maximum atomic E-state index is 15.8. The molecule has 0 radical (unpaired) electrons. The lowest BCUT2D eigenvalue weighted by Gasteiger charge is -2.30. The molecule has 2 aliphatic carbocycles. The Morgan fingerprint density at radius 1 is 0.912 bits per heavy atom. The van der Waals surface area contributed by atoms with E-state index in [1.807, 2.05) is 48.7 Å². The predicted octanol–water partition coefficient (Wildman–Crippen LogP) is 6.54. The average molecular weight is 775 g/mol. The smallest absolute Gasteiger partial charge is 0.407 e. The molecule has 3 aliphatic rings. The zero-order chi connectivity index (χ0) is 39.6. The molecule has 2 bridgehead atoms. The molecule has 5 unspecified atom stereocenters. The van der Waals surface area contributed by atoms with Gasteiger partial charge in [-0.15, -0.1) is 0 Å². The number of carbonyl (C=O) groups excluding carboxylic acids is 3. The van der Waals surface area contributed by atoms with Crippen LogP contribution in [0.3, 0.4) is 0 Å². The van der Waals surface area contributed by atoms with Crippen LogP contribution in [0.15, 0.2) is 79.4 Å². The monoisotopic (exact) mass is 774 g/mol. The molecule has 0 spiro atoms. The van der Waals surface area contributed by atoms with Crippen molar-refractivity contribution in [3.63, 3.8) is 0 Å². The van der Waals surface area contributed by atoms with Gasteiger partial charge in [0.1, 0.15) is 23.5 Å². The third-order valence-corrected chi connectivity index (χ3v) is 12.1. The summed E-state index contributed by atoms with van der Waals surface area (Å²) >= 11 is 0. The molecule has 5 aromatic rings. The molecule has 4 N–H and O–H groups in total. The quantitative estimate of drug-likeness (QED) is 0.111. The molecule has 3 aromatic heterocycles. The van der Waals surface area contributed by atoms with Crippen molar-refractivity contribution in [3.05, 3.63) is 102 Å². The lowest BCUT2D eigenvalue weighted by atomic mass is 9.78. The highest BCUT2D eigenvalue weighted by molar-refractivity contribution is 5.87. The number of aromatic nitrogens is 5. The van der Waals surface area contributed by atoms with Crippen molar-refractivity contribution in [2.75, 3.05) is 20.8 Å². The molecular weight excluding hydrogens is 728 g/mol. The number of carbonyl (C=O) groups is 3. The number of methoxy groups -OCH3 is 2. The number of hydrogen-bond acceptors (Lipinski definition) is 8. The minimum atomic E-state index is -0.937. The van der Waals surface area contributed by atoms with E-state index in [1.54, 1.807) is 36.5 Å². The van der Waals surface area contributed by atoms with Crippen LogP contribution in [0.25, 0.3) is 33.6 Å². The van der Waals surface area contributed by atoms with Crippen molar-refractivity contribution >= 4 is 17.9 Å². The van der Waals surface area contributed by atoms with Gasteiger partial charge in [0.15, 0.2) is 0 Å². The Bertz CT molecular complexity index is 2230. The molecule has 2 saturated carbocycles. The molecular formula is C43H47FN8O5. The van der Waals surface area contributed by atoms with Gasteiger partial charge in [0, 0.05) is 49.6 Å². The number of nitrogens with zero attached hydrogens (tertiary/aromatic N) is 4. The first-order valence-electron chi connectivity index (χ1n) is 19.6. The van der Waals surface area contributed by atoms with Gasteiger partial charge in [-0.2, -0.15) is 0 Å². The number of ether oxygens (including phenoxy) is 2. The summed E-state index contributed by atoms with van der Waals surface area (Å²) < 4.78 is 25.9. The van der Waals surface area contributed by atoms with Gasteiger partial charge in [-0.05, 0) is 79.7 Å². The fourth-order valence-electron chi connectivity index (χ4n) is 9.12. The van der Waals surface area contributed by atoms with Crippen LogP contribution < -0.4 is 10.6 Å². The number of aromatic amines is 2. The minimum Gasteiger partial charge on any atom is -0.453 e. The SMILES string of the molecule is COC(=O)N[C@H](C(=O)N1CCCC1c1ncc(-c2ccc(-c3ccc(-c4cnc(C5C6CCC(C6)C5C(=O)NCc5cccnc5)[nH]4)cc3)c(F)c2)[nH]1)[C@@H](C)OC. The van der Waals surface area contributed by atoms with Crippen molar-refractivity contribution < 1.29 is 28.2 Å². The van der Waals surface area contributed by atoms with Crippen LogP contribution >= 0.6 is 0 Å². The van der Waals surface area contributed by atoms with Gasteiger partial charge >= 0.3 is 6.09 Å². The minimum absolute atomic E-state index is 0.0382. The van der Waals surface area contributed by atoms with Crippen LogP contribution in [0, 0.1) is 23.6 Å². The second-order valence-corrected chi connectivity index (χ2v) is 15.3. The standard InChI is InChI=1S/C43H47FN8O5/c1-24(56-2)38(51-43(55)57-3)42(54)52-17-5-7-35(52)39-46-23-34(49-39)28-14-15-31(32(44)19-28)26-8-10-27(11-9-26)33-22-47-40(50-33)36-29-12-13-30(18-29)37(36)41(53)48-21-25-6-4-16-45-20-25/h4,6,8-11,14-16,19-20,22-24,29-30,35-38H,5,7,12-13,17-18,21H2,1-3H3,(H,46,49)(H,47,50)(H,48,53)(H,51,55)/t24-,29?,30?,35?,36?,37?,38+/m1/s1. The van der Waals surface area contributed by atoms with E-state index in [4.69, 9.17) is 14.5 Å². The summed E-state index contributed by atoms with van der Waals surface area (Å²) in [5, 5.41) is 5.74. The second kappa shape index (κ2) is 16.3. The van der Waals surface area contributed by atoms with Crippen LogP contribution in [0.5, 0.6) is 0 Å². The molecule has 13 nitrogen and oxygen atoms in total. The first-order valence-corrected chi connectivity index (χ1v) is 19.6. The molecule has 3 fully saturated rings. The van der Waals surface area contributed by atoms with Gasteiger partial charge in [-0.3, -0.25) is 14.6 Å². The van der Waals surface area contributed by atoms with Gasteiger partial charge in [-0.25, -0.2) is 19.2 Å². The van der Waals surface area contributed by atoms with E-state index >= 15 is 4.39 Å². The van der Waals surface area contributed by atoms with Gasteiger partial charge in [0.25, 0.3) is 0 Å². The van der Waals surface area contributed by atoms with Crippen molar-refractivity contribution in [2.24, 2.45) is 17.8 Å². The average Bonchev–Trinajstić information content (AvgIpc) is 4.10. The second-order valence-electron chi connectivity index (χ2n) is 15.3. The number of benzene rings is 2. The molecule has 296 valence electrons. The van der Waals surface area contributed by atoms with Crippen LogP contribution in [0.1, 0.15) is 68.2 Å². The van der Waals surface area contributed by atoms with Crippen molar-refractivity contribution in [3.8, 4) is 33.6 Å². The Morgan fingerprint density at radius 3 is 2.37 bits per heavy atom. The van der Waals surface area contributed by atoms with Crippen molar-refractivity contribution in [1.82, 2.24) is 40.5 Å². The molecule has 14 heteroatoms. The Kier molecular flexibility index (Phi) is 10.9. The van der Waals surface area contributed by atoms with Crippen LogP contribution in [-0.4, -0.2) is 80.6 Å². The van der Waals surface area contributed by atoms with E-state index in [1.165, 1.54) is 20.3 Å². The number of imidazole rings is 2. The van der Waals surface area contributed by atoms with E-state index in [9.17, 15) is 14.4 Å². The summed E-state index contributed by atoms with van der Waals surface area (Å²) in [6, 6.07) is 15.3. The number of halogens is 1. The fourth-order valence-corrected chi connectivity index (χ4v) is 9.12. The van der Waals surface area contributed by atoms with E-state index in [2.05, 4.69) is 30.6 Å².